The lowest BCUT2D eigenvalue weighted by atomic mass is 9.93. The van der Waals surface area contributed by atoms with Crippen molar-refractivity contribution in [3.63, 3.8) is 0 Å². The van der Waals surface area contributed by atoms with Gasteiger partial charge < -0.3 is 19.5 Å². The van der Waals surface area contributed by atoms with E-state index in [1.807, 2.05) is 61.0 Å². The Hall–Kier alpha value is -3.69. The van der Waals surface area contributed by atoms with Gasteiger partial charge in [0.1, 0.15) is 18.4 Å². The first-order chi connectivity index (χ1) is 21.6. The van der Waals surface area contributed by atoms with Gasteiger partial charge in [-0.1, -0.05) is 49.6 Å². The molecule has 2 fully saturated rings. The highest BCUT2D eigenvalue weighted by atomic mass is 16.5. The maximum Gasteiger partial charge on any atom is 0.248 e. The van der Waals surface area contributed by atoms with Crippen LogP contribution in [0.1, 0.15) is 75.9 Å². The zero-order chi connectivity index (χ0) is 32.0. The highest BCUT2D eigenvalue weighted by Crippen LogP contribution is 2.33. The quantitative estimate of drug-likeness (QED) is 0.319. The van der Waals surface area contributed by atoms with Crippen molar-refractivity contribution in [1.82, 2.24) is 19.8 Å². The Balaban J connectivity index is 1.47. The summed E-state index contributed by atoms with van der Waals surface area (Å²) in [6, 6.07) is 15.3. The Morgan fingerprint density at radius 3 is 2.40 bits per heavy atom. The van der Waals surface area contributed by atoms with Crippen LogP contribution in [0.15, 0.2) is 60.9 Å². The van der Waals surface area contributed by atoms with Crippen LogP contribution in [-0.4, -0.2) is 70.8 Å². The number of rotatable bonds is 10. The molecule has 0 bridgehead atoms. The number of anilines is 2. The van der Waals surface area contributed by atoms with Crippen LogP contribution in [0.3, 0.4) is 0 Å². The molecule has 2 heterocycles. The zero-order valence-corrected chi connectivity index (χ0v) is 27.7. The van der Waals surface area contributed by atoms with E-state index < -0.39 is 6.04 Å². The lowest BCUT2D eigenvalue weighted by Gasteiger charge is -2.38. The lowest BCUT2D eigenvalue weighted by Crippen LogP contribution is -2.49. The number of aryl methyl sites for hydroxylation is 2. The van der Waals surface area contributed by atoms with E-state index in [2.05, 4.69) is 53.0 Å². The molecule has 45 heavy (non-hydrogen) atoms. The molecule has 3 aromatic rings. The van der Waals surface area contributed by atoms with Gasteiger partial charge in [0.25, 0.3) is 0 Å². The maximum absolute atomic E-state index is 14.4. The number of hydrogen-bond donors (Lipinski definition) is 1. The van der Waals surface area contributed by atoms with Gasteiger partial charge in [0.15, 0.2) is 0 Å². The highest BCUT2D eigenvalue weighted by Gasteiger charge is 2.35. The summed E-state index contributed by atoms with van der Waals surface area (Å²) in [7, 11) is 0. The van der Waals surface area contributed by atoms with Gasteiger partial charge in [-0.2, -0.15) is 0 Å². The molecule has 1 atom stereocenters. The van der Waals surface area contributed by atoms with Gasteiger partial charge in [0.05, 0.1) is 12.3 Å². The van der Waals surface area contributed by atoms with Crippen molar-refractivity contribution in [3.8, 4) is 0 Å². The lowest BCUT2D eigenvalue weighted by molar-refractivity contribution is -0.127. The third-order valence-electron chi connectivity index (χ3n) is 8.96. The van der Waals surface area contributed by atoms with E-state index in [9.17, 15) is 9.59 Å². The second-order valence-corrected chi connectivity index (χ2v) is 13.5. The Labute approximate surface area is 268 Å². The molecule has 242 valence electrons. The van der Waals surface area contributed by atoms with Crippen molar-refractivity contribution < 1.29 is 14.3 Å². The molecule has 0 spiro atoms. The number of carbonyl (C=O) groups is 2. The number of amides is 2. The van der Waals surface area contributed by atoms with E-state index in [4.69, 9.17) is 4.74 Å². The molecular weight excluding hydrogens is 564 g/mol. The molecule has 1 saturated heterocycles. The summed E-state index contributed by atoms with van der Waals surface area (Å²) < 4.78 is 7.85. The topological polar surface area (TPSA) is 82.9 Å². The number of imidazole rings is 1. The van der Waals surface area contributed by atoms with Gasteiger partial charge in [-0.3, -0.25) is 19.4 Å². The molecule has 1 aromatic heterocycles. The van der Waals surface area contributed by atoms with Gasteiger partial charge in [0, 0.05) is 56.0 Å². The molecule has 1 aliphatic heterocycles. The number of hydrogen-bond acceptors (Lipinski definition) is 6. The number of benzene rings is 2. The molecule has 5 rings (SSSR count). The molecule has 1 saturated carbocycles. The molecule has 9 heteroatoms. The largest absolute Gasteiger partial charge is 0.369 e. The smallest absolute Gasteiger partial charge is 0.248 e. The summed E-state index contributed by atoms with van der Waals surface area (Å²) in [4.78, 5) is 39.5. The number of carbonyl (C=O) groups excluding carboxylic acids is 2. The average molecular weight is 615 g/mol. The average Bonchev–Trinajstić information content (AvgIpc) is 3.43. The van der Waals surface area contributed by atoms with Crippen LogP contribution in [0.5, 0.6) is 0 Å². The highest BCUT2D eigenvalue weighted by molar-refractivity contribution is 6.01. The summed E-state index contributed by atoms with van der Waals surface area (Å²) in [5, 5.41) is 3.35. The Morgan fingerprint density at radius 1 is 1.00 bits per heavy atom. The van der Waals surface area contributed by atoms with Gasteiger partial charge in [0.2, 0.25) is 11.8 Å². The van der Waals surface area contributed by atoms with E-state index in [0.717, 1.165) is 74.5 Å². The van der Waals surface area contributed by atoms with E-state index in [0.29, 0.717) is 12.4 Å². The minimum Gasteiger partial charge on any atom is -0.369 e. The first-order valence-electron chi connectivity index (χ1n) is 16.5. The van der Waals surface area contributed by atoms with Crippen LogP contribution < -0.4 is 15.1 Å². The predicted octanol–water partition coefficient (Wildman–Crippen LogP) is 5.62. The van der Waals surface area contributed by atoms with Crippen LogP contribution in [-0.2, 0) is 20.9 Å². The SMILES string of the molecule is Cc1ccccc1C(C(=O)NC1CCCCC1)N(C(=O)Cn1ccnc1C)c1cccc(N2CCN(COC(C)(C)C)CC2)c1. The molecular formula is C36H50N6O3. The second-order valence-electron chi connectivity index (χ2n) is 13.5. The number of nitrogens with zero attached hydrogens (tertiary/aromatic N) is 5. The second kappa shape index (κ2) is 14.6. The minimum absolute atomic E-state index is 0.0849. The maximum atomic E-state index is 14.4. The fourth-order valence-electron chi connectivity index (χ4n) is 6.31. The number of piperazine rings is 1. The fourth-order valence-corrected chi connectivity index (χ4v) is 6.31. The molecule has 1 N–H and O–H groups in total. The molecule has 1 aliphatic carbocycles. The van der Waals surface area contributed by atoms with E-state index in [1.54, 1.807) is 11.1 Å². The number of ether oxygens (including phenoxy) is 1. The molecule has 0 radical (unpaired) electrons. The van der Waals surface area contributed by atoms with Crippen LogP contribution in [0.2, 0.25) is 0 Å². The summed E-state index contributed by atoms with van der Waals surface area (Å²) in [5.74, 6) is 0.457. The van der Waals surface area contributed by atoms with Crippen molar-refractivity contribution in [2.24, 2.45) is 0 Å². The summed E-state index contributed by atoms with van der Waals surface area (Å²) in [6.07, 6.45) is 8.88. The normalized spacial score (nSPS) is 17.2. The number of aromatic nitrogens is 2. The molecule has 9 nitrogen and oxygen atoms in total. The van der Waals surface area contributed by atoms with Crippen LogP contribution in [0.25, 0.3) is 0 Å². The first-order valence-corrected chi connectivity index (χ1v) is 16.5. The minimum atomic E-state index is -0.814. The van der Waals surface area contributed by atoms with Crippen molar-refractivity contribution in [2.45, 2.75) is 91.0 Å². The van der Waals surface area contributed by atoms with Crippen molar-refractivity contribution >= 4 is 23.2 Å². The van der Waals surface area contributed by atoms with Crippen molar-refractivity contribution in [1.29, 1.82) is 0 Å². The van der Waals surface area contributed by atoms with Crippen molar-refractivity contribution in [3.05, 3.63) is 77.9 Å². The van der Waals surface area contributed by atoms with E-state index in [1.165, 1.54) is 6.42 Å². The zero-order valence-electron chi connectivity index (χ0n) is 27.7. The number of nitrogens with one attached hydrogen (secondary N) is 1. The molecule has 1 unspecified atom stereocenters. The molecule has 2 amide bonds. The third kappa shape index (κ3) is 8.52. The van der Waals surface area contributed by atoms with Gasteiger partial charge >= 0.3 is 0 Å². The first kappa shape index (κ1) is 32.7. The van der Waals surface area contributed by atoms with Crippen LogP contribution in [0.4, 0.5) is 11.4 Å². The van der Waals surface area contributed by atoms with Gasteiger partial charge in [-0.25, -0.2) is 4.98 Å². The monoisotopic (exact) mass is 614 g/mol. The predicted molar refractivity (Wildman–Crippen MR) is 179 cm³/mol. The summed E-state index contributed by atoms with van der Waals surface area (Å²) >= 11 is 0. The van der Waals surface area contributed by atoms with Crippen LogP contribution in [0, 0.1) is 13.8 Å². The summed E-state index contributed by atoms with van der Waals surface area (Å²) in [6.45, 7) is 14.3. The fraction of sp³-hybridized carbons (Fsp3) is 0.528. The third-order valence-corrected chi connectivity index (χ3v) is 8.96. The van der Waals surface area contributed by atoms with Crippen molar-refractivity contribution in [2.75, 3.05) is 42.7 Å². The summed E-state index contributed by atoms with van der Waals surface area (Å²) in [5.41, 5.74) is 3.38. The Bertz CT molecular complexity index is 1430. The van der Waals surface area contributed by atoms with Gasteiger partial charge in [-0.15, -0.1) is 0 Å². The Morgan fingerprint density at radius 2 is 1.73 bits per heavy atom. The van der Waals surface area contributed by atoms with Gasteiger partial charge in [-0.05, 0) is 76.8 Å². The van der Waals surface area contributed by atoms with E-state index in [-0.39, 0.29) is 30.0 Å². The van der Waals surface area contributed by atoms with Crippen LogP contribution >= 0.6 is 0 Å². The molecule has 2 aromatic carbocycles. The standard InChI is InChI=1S/C36H50N6O3/c1-27-12-9-10-17-32(27)34(35(44)38-29-13-7-6-8-14-29)42(33(43)25-41-19-18-37-28(41)2)31-16-11-15-30(24-31)40-22-20-39(21-23-40)26-45-36(3,4)5/h9-12,15-19,24,29,34H,6-8,13-14,20-23,25-26H2,1-5H3,(H,38,44). The Kier molecular flexibility index (Phi) is 10.6. The molecule has 2 aliphatic rings. The van der Waals surface area contributed by atoms with E-state index >= 15 is 0 Å².